The van der Waals surface area contributed by atoms with E-state index >= 15 is 0 Å². The molecule has 0 aliphatic carbocycles. The summed E-state index contributed by atoms with van der Waals surface area (Å²) in [6, 6.07) is 23.7. The first-order valence-corrected chi connectivity index (χ1v) is 8.81. The van der Waals surface area contributed by atoms with Gasteiger partial charge in [-0.25, -0.2) is 0 Å². The molecule has 0 atom stereocenters. The third kappa shape index (κ3) is 4.70. The van der Waals surface area contributed by atoms with Crippen molar-refractivity contribution in [1.82, 2.24) is 4.98 Å². The van der Waals surface area contributed by atoms with Gasteiger partial charge in [-0.1, -0.05) is 48.5 Å². The van der Waals surface area contributed by atoms with Crippen molar-refractivity contribution in [3.8, 4) is 0 Å². The fourth-order valence-corrected chi connectivity index (χ4v) is 2.77. The van der Waals surface area contributed by atoms with Gasteiger partial charge in [-0.3, -0.25) is 9.78 Å². The number of aryl methyl sites for hydroxylation is 1. The van der Waals surface area contributed by atoms with Gasteiger partial charge in [0, 0.05) is 31.2 Å². The monoisotopic (exact) mass is 345 g/mol. The number of carbonyl (C=O) groups is 1. The zero-order valence-electron chi connectivity index (χ0n) is 14.9. The molecule has 0 bridgehead atoms. The van der Waals surface area contributed by atoms with E-state index in [1.165, 1.54) is 5.56 Å². The number of nitrogens with zero attached hydrogens (tertiary/aromatic N) is 2. The molecule has 0 aliphatic heterocycles. The molecule has 3 aromatic rings. The molecule has 0 saturated carbocycles. The van der Waals surface area contributed by atoms with Gasteiger partial charge in [-0.05, 0) is 42.7 Å². The average Bonchev–Trinajstić information content (AvgIpc) is 2.72. The molecule has 0 saturated heterocycles. The van der Waals surface area contributed by atoms with Crippen molar-refractivity contribution >= 4 is 17.3 Å². The Hall–Kier alpha value is -3.14. The van der Waals surface area contributed by atoms with Gasteiger partial charge < -0.3 is 10.2 Å². The summed E-state index contributed by atoms with van der Waals surface area (Å²) >= 11 is 0. The Kier molecular flexibility index (Phi) is 5.99. The van der Waals surface area contributed by atoms with Gasteiger partial charge in [0.1, 0.15) is 5.69 Å². The van der Waals surface area contributed by atoms with Crippen LogP contribution in [0.3, 0.4) is 0 Å². The smallest absolute Gasteiger partial charge is 0.276 e. The highest BCUT2D eigenvalue weighted by atomic mass is 16.2. The van der Waals surface area contributed by atoms with Gasteiger partial charge in [-0.2, -0.15) is 0 Å². The molecule has 2 aromatic carbocycles. The number of nitrogens with one attached hydrogen (secondary N) is 1. The highest BCUT2D eigenvalue weighted by molar-refractivity contribution is 6.04. The van der Waals surface area contributed by atoms with Gasteiger partial charge >= 0.3 is 0 Å². The quantitative estimate of drug-likeness (QED) is 0.646. The Labute approximate surface area is 154 Å². The zero-order chi connectivity index (χ0) is 18.2. The molecule has 0 radical (unpaired) electrons. The molecule has 0 unspecified atom stereocenters. The SMILES string of the molecule is CN(C(=O)c1cc(NCCCc2ccccc2)ccn1)c1ccccc1. The van der Waals surface area contributed by atoms with E-state index in [1.54, 1.807) is 18.1 Å². The van der Waals surface area contributed by atoms with Crippen molar-refractivity contribution in [3.05, 3.63) is 90.3 Å². The van der Waals surface area contributed by atoms with Crippen molar-refractivity contribution in [1.29, 1.82) is 0 Å². The van der Waals surface area contributed by atoms with Crippen molar-refractivity contribution in [2.24, 2.45) is 0 Å². The molecule has 3 rings (SSSR count). The number of hydrogen-bond acceptors (Lipinski definition) is 3. The van der Waals surface area contributed by atoms with Crippen LogP contribution in [0.4, 0.5) is 11.4 Å². The largest absolute Gasteiger partial charge is 0.385 e. The van der Waals surface area contributed by atoms with Gasteiger partial charge in [0.15, 0.2) is 0 Å². The zero-order valence-corrected chi connectivity index (χ0v) is 14.9. The molecule has 4 heteroatoms. The molecule has 1 amide bonds. The minimum Gasteiger partial charge on any atom is -0.385 e. The lowest BCUT2D eigenvalue weighted by Crippen LogP contribution is -2.27. The summed E-state index contributed by atoms with van der Waals surface area (Å²) in [5.74, 6) is -0.121. The van der Waals surface area contributed by atoms with Crippen LogP contribution >= 0.6 is 0 Å². The molecule has 4 nitrogen and oxygen atoms in total. The lowest BCUT2D eigenvalue weighted by atomic mass is 10.1. The van der Waals surface area contributed by atoms with Gasteiger partial charge in [0.05, 0.1) is 0 Å². The highest BCUT2D eigenvalue weighted by Crippen LogP contribution is 2.16. The van der Waals surface area contributed by atoms with Crippen LogP contribution in [-0.4, -0.2) is 24.5 Å². The molecule has 1 N–H and O–H groups in total. The van der Waals surface area contributed by atoms with Crippen LogP contribution in [0.5, 0.6) is 0 Å². The van der Waals surface area contributed by atoms with E-state index in [0.29, 0.717) is 5.69 Å². The van der Waals surface area contributed by atoms with Crippen LogP contribution in [-0.2, 0) is 6.42 Å². The predicted octanol–water partition coefficient (Wildman–Crippen LogP) is 4.40. The number of pyridine rings is 1. The van der Waals surface area contributed by atoms with Crippen LogP contribution in [0.25, 0.3) is 0 Å². The molecule has 0 aliphatic rings. The van der Waals surface area contributed by atoms with Crippen LogP contribution in [0.1, 0.15) is 22.5 Å². The molecule has 0 spiro atoms. The summed E-state index contributed by atoms with van der Waals surface area (Å²) in [5.41, 5.74) is 3.53. The second-order valence-electron chi connectivity index (χ2n) is 6.15. The first kappa shape index (κ1) is 17.7. The van der Waals surface area contributed by atoms with Crippen LogP contribution in [0.2, 0.25) is 0 Å². The van der Waals surface area contributed by atoms with E-state index < -0.39 is 0 Å². The molecule has 1 heterocycles. The minimum atomic E-state index is -0.121. The summed E-state index contributed by atoms with van der Waals surface area (Å²) in [7, 11) is 1.76. The number of amides is 1. The van der Waals surface area contributed by atoms with Crippen LogP contribution in [0.15, 0.2) is 79.0 Å². The molecule has 0 fully saturated rings. The van der Waals surface area contributed by atoms with Gasteiger partial charge in [-0.15, -0.1) is 0 Å². The number of carbonyl (C=O) groups excluding carboxylic acids is 1. The fraction of sp³-hybridized carbons (Fsp3) is 0.182. The Morgan fingerprint density at radius 1 is 1.00 bits per heavy atom. The molecular formula is C22H23N3O. The van der Waals surface area contributed by atoms with Crippen LogP contribution < -0.4 is 10.2 Å². The second kappa shape index (κ2) is 8.81. The van der Waals surface area contributed by atoms with Crippen molar-refractivity contribution in [2.75, 3.05) is 23.8 Å². The van der Waals surface area contributed by atoms with E-state index in [2.05, 4.69) is 34.6 Å². The Balaban J connectivity index is 1.56. The number of anilines is 2. The number of rotatable bonds is 7. The maximum atomic E-state index is 12.6. The topological polar surface area (TPSA) is 45.2 Å². The van der Waals surface area contributed by atoms with E-state index in [1.807, 2.05) is 48.5 Å². The summed E-state index contributed by atoms with van der Waals surface area (Å²) in [6.07, 6.45) is 3.73. The maximum Gasteiger partial charge on any atom is 0.276 e. The Morgan fingerprint density at radius 2 is 1.69 bits per heavy atom. The molecule has 132 valence electrons. The van der Waals surface area contributed by atoms with Crippen molar-refractivity contribution < 1.29 is 4.79 Å². The fourth-order valence-electron chi connectivity index (χ4n) is 2.77. The number of hydrogen-bond donors (Lipinski definition) is 1. The van der Waals surface area contributed by atoms with E-state index in [4.69, 9.17) is 0 Å². The summed E-state index contributed by atoms with van der Waals surface area (Å²) in [4.78, 5) is 18.5. The average molecular weight is 345 g/mol. The van der Waals surface area contributed by atoms with Crippen molar-refractivity contribution in [3.63, 3.8) is 0 Å². The molecule has 1 aromatic heterocycles. The summed E-state index contributed by atoms with van der Waals surface area (Å²) in [5, 5.41) is 3.38. The maximum absolute atomic E-state index is 12.6. The third-order valence-electron chi connectivity index (χ3n) is 4.24. The molecular weight excluding hydrogens is 322 g/mol. The van der Waals surface area contributed by atoms with Gasteiger partial charge in [0.2, 0.25) is 0 Å². The van der Waals surface area contributed by atoms with E-state index in [0.717, 1.165) is 30.8 Å². The normalized spacial score (nSPS) is 10.3. The van der Waals surface area contributed by atoms with Gasteiger partial charge in [0.25, 0.3) is 5.91 Å². The Bertz CT molecular complexity index is 834. The standard InChI is InChI=1S/C22H23N3O/c1-25(20-12-6-3-7-13-20)22(26)21-17-19(14-16-24-21)23-15-8-11-18-9-4-2-5-10-18/h2-7,9-10,12-14,16-17H,8,11,15H2,1H3,(H,23,24). The third-order valence-corrected chi connectivity index (χ3v) is 4.24. The summed E-state index contributed by atoms with van der Waals surface area (Å²) < 4.78 is 0. The van der Waals surface area contributed by atoms with Crippen molar-refractivity contribution in [2.45, 2.75) is 12.8 Å². The first-order chi connectivity index (χ1) is 12.7. The number of benzene rings is 2. The lowest BCUT2D eigenvalue weighted by Gasteiger charge is -2.17. The molecule has 26 heavy (non-hydrogen) atoms. The Morgan fingerprint density at radius 3 is 2.42 bits per heavy atom. The minimum absolute atomic E-state index is 0.121. The van der Waals surface area contributed by atoms with Crippen LogP contribution in [0, 0.1) is 0 Å². The van der Waals surface area contributed by atoms with E-state index in [-0.39, 0.29) is 5.91 Å². The highest BCUT2D eigenvalue weighted by Gasteiger charge is 2.14. The number of para-hydroxylation sites is 1. The number of aromatic nitrogens is 1. The lowest BCUT2D eigenvalue weighted by molar-refractivity contribution is 0.0988. The predicted molar refractivity (Wildman–Crippen MR) is 107 cm³/mol. The first-order valence-electron chi connectivity index (χ1n) is 8.81. The second-order valence-corrected chi connectivity index (χ2v) is 6.15. The van der Waals surface area contributed by atoms with E-state index in [9.17, 15) is 4.79 Å². The summed E-state index contributed by atoms with van der Waals surface area (Å²) in [6.45, 7) is 0.848.